The summed E-state index contributed by atoms with van der Waals surface area (Å²) < 4.78 is 11.0. The van der Waals surface area contributed by atoms with Crippen molar-refractivity contribution in [2.45, 2.75) is 63.5 Å². The Morgan fingerprint density at radius 3 is 2.79 bits per heavy atom. The van der Waals surface area contributed by atoms with Crippen LogP contribution in [-0.2, 0) is 9.47 Å². The summed E-state index contributed by atoms with van der Waals surface area (Å²) in [4.78, 5) is 17.9. The molecule has 1 heterocycles. The maximum atomic E-state index is 11.4. The molecule has 1 aliphatic carbocycles. The molecule has 1 saturated heterocycles. The normalized spacial score (nSPS) is 20.3. The van der Waals surface area contributed by atoms with Crippen molar-refractivity contribution in [1.82, 2.24) is 20.9 Å². The van der Waals surface area contributed by atoms with E-state index in [1.807, 2.05) is 37.5 Å². The molecule has 0 spiro atoms. The molecule has 2 aliphatic rings. The van der Waals surface area contributed by atoms with Crippen LogP contribution in [0.25, 0.3) is 0 Å². The van der Waals surface area contributed by atoms with E-state index in [0.29, 0.717) is 36.6 Å². The highest BCUT2D eigenvalue weighted by Gasteiger charge is 2.32. The summed E-state index contributed by atoms with van der Waals surface area (Å²) in [6, 6.07) is 7.95. The summed E-state index contributed by atoms with van der Waals surface area (Å²) in [7, 11) is 3.31. The van der Waals surface area contributed by atoms with Crippen molar-refractivity contribution in [3.63, 3.8) is 0 Å². The molecule has 10 heteroatoms. The standard InChI is InChI=1S/C28H43ClN6O3/c1-31-18-25(16-21-8-4-3-5-9-21)34-27(33-20-30)35-14-7-11-23(19-35)26(22-10-6-12-24(29)17-22)38-15-13-32-28(36)37-2/h6,10,12,17,21,23,25-26,31H,3-5,7-9,11,13-16,18-19H2,1-2H3,(H,32,36)(H,33,34). The summed E-state index contributed by atoms with van der Waals surface area (Å²) in [5.41, 5.74) is 1.000. The number of halogens is 1. The second kappa shape index (κ2) is 16.4. The number of piperidine rings is 1. The Morgan fingerprint density at radius 1 is 1.26 bits per heavy atom. The number of rotatable bonds is 11. The number of aliphatic imine (C=N–C) groups is 1. The Bertz CT molecular complexity index is 933. The molecule has 1 aliphatic heterocycles. The lowest BCUT2D eigenvalue weighted by Crippen LogP contribution is -2.52. The molecule has 1 aromatic carbocycles. The number of nitrogens with zero attached hydrogens (tertiary/aromatic N) is 3. The second-order valence-electron chi connectivity index (χ2n) is 10.3. The van der Waals surface area contributed by atoms with Crippen molar-refractivity contribution in [2.75, 3.05) is 46.9 Å². The van der Waals surface area contributed by atoms with Gasteiger partial charge in [-0.3, -0.25) is 0 Å². The Balaban J connectivity index is 1.71. The number of alkyl carbamates (subject to hydrolysis) is 1. The third-order valence-electron chi connectivity index (χ3n) is 7.50. The van der Waals surface area contributed by atoms with E-state index in [1.165, 1.54) is 39.2 Å². The Kier molecular flexibility index (Phi) is 13.0. The number of hydrogen-bond donors (Lipinski definition) is 3. The van der Waals surface area contributed by atoms with Crippen molar-refractivity contribution in [1.29, 1.82) is 5.26 Å². The highest BCUT2D eigenvalue weighted by Crippen LogP contribution is 2.34. The monoisotopic (exact) mass is 546 g/mol. The van der Waals surface area contributed by atoms with Crippen LogP contribution in [0.1, 0.15) is 63.0 Å². The van der Waals surface area contributed by atoms with Gasteiger partial charge in [0.05, 0.1) is 19.8 Å². The van der Waals surface area contributed by atoms with Crippen LogP contribution in [0.2, 0.25) is 5.02 Å². The van der Waals surface area contributed by atoms with E-state index in [9.17, 15) is 10.1 Å². The first-order valence-electron chi connectivity index (χ1n) is 13.9. The minimum absolute atomic E-state index is 0.159. The van der Waals surface area contributed by atoms with Crippen LogP contribution < -0.4 is 16.0 Å². The number of carbonyl (C=O) groups is 1. The molecule has 3 unspecified atom stereocenters. The van der Waals surface area contributed by atoms with Crippen LogP contribution >= 0.6 is 11.6 Å². The summed E-state index contributed by atoms with van der Waals surface area (Å²) in [6.45, 7) is 3.03. The molecule has 0 radical (unpaired) electrons. The fraction of sp³-hybridized carbons (Fsp3) is 0.679. The van der Waals surface area contributed by atoms with Crippen LogP contribution in [0.5, 0.6) is 0 Å². The predicted molar refractivity (Wildman–Crippen MR) is 150 cm³/mol. The predicted octanol–water partition coefficient (Wildman–Crippen LogP) is 4.45. The van der Waals surface area contributed by atoms with Gasteiger partial charge in [-0.1, -0.05) is 55.8 Å². The molecule has 2 fully saturated rings. The van der Waals surface area contributed by atoms with Gasteiger partial charge in [0.15, 0.2) is 0 Å². The maximum absolute atomic E-state index is 11.4. The van der Waals surface area contributed by atoms with E-state index in [1.54, 1.807) is 0 Å². The summed E-state index contributed by atoms with van der Waals surface area (Å²) in [5, 5.41) is 19.8. The number of benzene rings is 1. The lowest BCUT2D eigenvalue weighted by molar-refractivity contribution is -0.00587. The highest BCUT2D eigenvalue weighted by atomic mass is 35.5. The Labute approximate surface area is 232 Å². The van der Waals surface area contributed by atoms with Crippen LogP contribution in [0, 0.1) is 23.3 Å². The van der Waals surface area contributed by atoms with Crippen molar-refractivity contribution >= 4 is 23.7 Å². The molecule has 3 atom stereocenters. The van der Waals surface area contributed by atoms with E-state index in [-0.39, 0.29) is 18.1 Å². The van der Waals surface area contributed by atoms with Gasteiger partial charge in [0.25, 0.3) is 0 Å². The third-order valence-corrected chi connectivity index (χ3v) is 7.73. The molecular formula is C28H43ClN6O3. The molecule has 1 amide bonds. The van der Waals surface area contributed by atoms with Crippen LogP contribution in [0.3, 0.4) is 0 Å². The molecule has 0 aromatic heterocycles. The molecule has 1 aromatic rings. The maximum Gasteiger partial charge on any atom is 0.406 e. The summed E-state index contributed by atoms with van der Waals surface area (Å²) in [5.74, 6) is 1.52. The number of carbonyl (C=O) groups excluding carboxylic acids is 1. The van der Waals surface area contributed by atoms with E-state index < -0.39 is 6.09 Å². The quantitative estimate of drug-likeness (QED) is 0.163. The van der Waals surface area contributed by atoms with E-state index in [2.05, 4.69) is 30.6 Å². The van der Waals surface area contributed by atoms with Crippen LogP contribution in [0.15, 0.2) is 29.3 Å². The van der Waals surface area contributed by atoms with Gasteiger partial charge in [-0.2, -0.15) is 5.26 Å². The zero-order valence-electron chi connectivity index (χ0n) is 22.8. The average Bonchev–Trinajstić information content (AvgIpc) is 2.93. The molecule has 9 nitrogen and oxygen atoms in total. The largest absolute Gasteiger partial charge is 0.453 e. The van der Waals surface area contributed by atoms with Gasteiger partial charge in [0.1, 0.15) is 0 Å². The number of nitriles is 1. The average molecular weight is 547 g/mol. The van der Waals surface area contributed by atoms with Crippen molar-refractivity contribution in [3.05, 3.63) is 34.9 Å². The second-order valence-corrected chi connectivity index (χ2v) is 10.7. The number of guanidine groups is 1. The number of likely N-dealkylation sites (N-methyl/N-ethyl adjacent to an activating group) is 1. The minimum Gasteiger partial charge on any atom is -0.453 e. The number of methoxy groups -OCH3 is 1. The molecule has 3 N–H and O–H groups in total. The fourth-order valence-corrected chi connectivity index (χ4v) is 5.94. The van der Waals surface area contributed by atoms with Gasteiger partial charge in [-0.25, -0.2) is 4.79 Å². The Morgan fingerprint density at radius 2 is 2.08 bits per heavy atom. The fourth-order valence-electron chi connectivity index (χ4n) is 5.74. The van der Waals surface area contributed by atoms with E-state index in [0.717, 1.165) is 37.9 Å². The van der Waals surface area contributed by atoms with E-state index >= 15 is 0 Å². The lowest BCUT2D eigenvalue weighted by Gasteiger charge is -2.39. The lowest BCUT2D eigenvalue weighted by atomic mass is 9.84. The first kappa shape index (κ1) is 30.0. The van der Waals surface area contributed by atoms with Gasteiger partial charge in [0, 0.05) is 43.2 Å². The summed E-state index contributed by atoms with van der Waals surface area (Å²) in [6.07, 6.45) is 10.8. The number of hydrogen-bond acceptors (Lipinski definition) is 6. The van der Waals surface area contributed by atoms with Crippen LogP contribution in [-0.4, -0.2) is 69.9 Å². The van der Waals surface area contributed by atoms with Gasteiger partial charge >= 0.3 is 6.09 Å². The van der Waals surface area contributed by atoms with E-state index in [4.69, 9.17) is 16.3 Å². The number of likely N-dealkylation sites (tertiary alicyclic amines) is 1. The SMILES string of the molecule is CNCC(CC1CCCCC1)N/C(=N/C#N)N1CCCC(C(OCCNC(=O)OC)c2cccc(Cl)c2)C1. The number of ether oxygens (including phenoxy) is 2. The van der Waals surface area contributed by atoms with Crippen molar-refractivity contribution < 1.29 is 14.3 Å². The Hall–Kier alpha value is -2.54. The first-order valence-corrected chi connectivity index (χ1v) is 14.2. The molecule has 38 heavy (non-hydrogen) atoms. The number of amides is 1. The summed E-state index contributed by atoms with van der Waals surface area (Å²) >= 11 is 6.33. The topological polar surface area (TPSA) is 111 Å². The smallest absolute Gasteiger partial charge is 0.406 e. The molecule has 0 bridgehead atoms. The molecule has 1 saturated carbocycles. The van der Waals surface area contributed by atoms with Gasteiger partial charge in [-0.05, 0) is 49.9 Å². The number of nitrogens with one attached hydrogen (secondary N) is 3. The zero-order valence-corrected chi connectivity index (χ0v) is 23.5. The first-order chi connectivity index (χ1) is 18.5. The molecule has 3 rings (SSSR count). The molecule has 210 valence electrons. The van der Waals surface area contributed by atoms with Crippen molar-refractivity contribution in [2.24, 2.45) is 16.8 Å². The minimum atomic E-state index is -0.482. The van der Waals surface area contributed by atoms with Gasteiger partial charge in [0.2, 0.25) is 12.2 Å². The third kappa shape index (κ3) is 9.64. The van der Waals surface area contributed by atoms with Crippen LogP contribution in [0.4, 0.5) is 4.79 Å². The zero-order chi connectivity index (χ0) is 27.2. The highest BCUT2D eigenvalue weighted by molar-refractivity contribution is 6.30. The molecular weight excluding hydrogens is 504 g/mol. The van der Waals surface area contributed by atoms with Gasteiger partial charge < -0.3 is 30.3 Å². The van der Waals surface area contributed by atoms with Crippen molar-refractivity contribution in [3.8, 4) is 6.19 Å². The van der Waals surface area contributed by atoms with Gasteiger partial charge in [-0.15, -0.1) is 4.99 Å².